The molecule has 0 N–H and O–H groups in total. The minimum absolute atomic E-state index is 0.159. The van der Waals surface area contributed by atoms with E-state index >= 15 is 0 Å². The highest BCUT2D eigenvalue weighted by Gasteiger charge is 2.30. The van der Waals surface area contributed by atoms with Gasteiger partial charge in [-0.2, -0.15) is 0 Å². The topological polar surface area (TPSA) is 39.2 Å². The summed E-state index contributed by atoms with van der Waals surface area (Å²) in [7, 11) is 1.49. The average Bonchev–Trinajstić information content (AvgIpc) is 3.09. The standard InChI is InChI=1S/C25H29NO2S/c1-5-8-19(25(27)28-4)21-16(3)26-24-23(18-9-6-7-10-20(18)29-24)22(21)17-13-11-15(2)12-14-17/h11-14,19H,5-10H2,1-4H3. The van der Waals surface area contributed by atoms with Gasteiger partial charge < -0.3 is 4.74 Å². The van der Waals surface area contributed by atoms with Crippen LogP contribution in [0.1, 0.15) is 65.8 Å². The van der Waals surface area contributed by atoms with Gasteiger partial charge in [-0.15, -0.1) is 11.3 Å². The lowest BCUT2D eigenvalue weighted by atomic mass is 9.83. The molecule has 1 atom stereocenters. The molecule has 0 amide bonds. The smallest absolute Gasteiger partial charge is 0.313 e. The number of ether oxygens (including phenoxy) is 1. The second kappa shape index (κ2) is 8.27. The summed E-state index contributed by atoms with van der Waals surface area (Å²) in [5.74, 6) is -0.439. The van der Waals surface area contributed by atoms with Crippen molar-refractivity contribution in [2.24, 2.45) is 0 Å². The maximum atomic E-state index is 12.8. The quantitative estimate of drug-likeness (QED) is 0.452. The average molecular weight is 408 g/mol. The van der Waals surface area contributed by atoms with Crippen molar-refractivity contribution in [3.05, 3.63) is 51.5 Å². The number of hydrogen-bond donors (Lipinski definition) is 0. The van der Waals surface area contributed by atoms with E-state index in [0.29, 0.717) is 0 Å². The normalized spacial score (nSPS) is 14.6. The molecule has 3 aromatic rings. The van der Waals surface area contributed by atoms with Crippen LogP contribution in [0.5, 0.6) is 0 Å². The fourth-order valence-corrected chi connectivity index (χ4v) is 5.99. The van der Waals surface area contributed by atoms with Crippen molar-refractivity contribution in [3.63, 3.8) is 0 Å². The molecular weight excluding hydrogens is 378 g/mol. The van der Waals surface area contributed by atoms with Gasteiger partial charge in [-0.1, -0.05) is 43.2 Å². The van der Waals surface area contributed by atoms with E-state index in [1.165, 1.54) is 52.5 Å². The molecule has 0 bridgehead atoms. The molecule has 2 heterocycles. The molecule has 3 nitrogen and oxygen atoms in total. The summed E-state index contributed by atoms with van der Waals surface area (Å²) in [6, 6.07) is 8.71. The third-order valence-corrected chi connectivity index (χ3v) is 7.27. The van der Waals surface area contributed by atoms with Crippen molar-refractivity contribution >= 4 is 27.5 Å². The number of rotatable bonds is 5. The molecule has 0 aliphatic heterocycles. The summed E-state index contributed by atoms with van der Waals surface area (Å²) in [6.07, 6.45) is 6.43. The molecule has 152 valence electrons. The molecule has 2 aromatic heterocycles. The summed E-state index contributed by atoms with van der Waals surface area (Å²) in [5.41, 5.74) is 7.09. The summed E-state index contributed by atoms with van der Waals surface area (Å²) >= 11 is 1.85. The monoisotopic (exact) mass is 407 g/mol. The number of carbonyl (C=O) groups is 1. The van der Waals surface area contributed by atoms with Crippen LogP contribution in [-0.2, 0) is 22.4 Å². The summed E-state index contributed by atoms with van der Waals surface area (Å²) in [6.45, 7) is 6.28. The van der Waals surface area contributed by atoms with Gasteiger partial charge in [0.05, 0.1) is 13.0 Å². The highest BCUT2D eigenvalue weighted by Crippen LogP contribution is 2.45. The van der Waals surface area contributed by atoms with E-state index in [1.807, 2.05) is 11.3 Å². The number of fused-ring (bicyclic) bond motifs is 3. The molecule has 0 spiro atoms. The minimum atomic E-state index is -0.280. The van der Waals surface area contributed by atoms with Gasteiger partial charge in [0.15, 0.2) is 0 Å². The van der Waals surface area contributed by atoms with Crippen LogP contribution in [0.15, 0.2) is 24.3 Å². The zero-order valence-corrected chi connectivity index (χ0v) is 18.6. The number of benzene rings is 1. The van der Waals surface area contributed by atoms with E-state index in [4.69, 9.17) is 9.72 Å². The zero-order valence-electron chi connectivity index (χ0n) is 17.8. The molecule has 0 saturated carbocycles. The van der Waals surface area contributed by atoms with Gasteiger partial charge in [-0.25, -0.2) is 4.98 Å². The molecule has 0 radical (unpaired) electrons. The SMILES string of the molecule is CCCC(C(=O)OC)c1c(C)nc2sc3c(c2c1-c1ccc(C)cc1)CCCC3. The Balaban J connectivity index is 2.08. The Morgan fingerprint density at radius 3 is 2.59 bits per heavy atom. The lowest BCUT2D eigenvalue weighted by molar-refractivity contribution is -0.142. The number of carbonyl (C=O) groups excluding carboxylic acids is 1. The first-order valence-electron chi connectivity index (χ1n) is 10.6. The molecule has 1 unspecified atom stereocenters. The number of thiophene rings is 1. The predicted octanol–water partition coefficient (Wildman–Crippen LogP) is 6.52. The molecule has 4 heteroatoms. The number of esters is 1. The maximum Gasteiger partial charge on any atom is 0.313 e. The number of methoxy groups -OCH3 is 1. The van der Waals surface area contributed by atoms with Crippen molar-refractivity contribution in [2.45, 2.75) is 65.2 Å². The van der Waals surface area contributed by atoms with E-state index in [2.05, 4.69) is 45.0 Å². The minimum Gasteiger partial charge on any atom is -0.469 e. The second-order valence-corrected chi connectivity index (χ2v) is 9.19. The molecule has 0 fully saturated rings. The Labute approximate surface area is 177 Å². The van der Waals surface area contributed by atoms with Crippen molar-refractivity contribution in [1.29, 1.82) is 0 Å². The van der Waals surface area contributed by atoms with Crippen molar-refractivity contribution in [1.82, 2.24) is 4.98 Å². The van der Waals surface area contributed by atoms with Crippen LogP contribution in [0.25, 0.3) is 21.3 Å². The van der Waals surface area contributed by atoms with Crippen LogP contribution in [0.2, 0.25) is 0 Å². The molecule has 29 heavy (non-hydrogen) atoms. The van der Waals surface area contributed by atoms with Gasteiger partial charge in [0.1, 0.15) is 4.83 Å². The number of pyridine rings is 1. The Hall–Kier alpha value is -2.20. The molecular formula is C25H29NO2S. The summed E-state index contributed by atoms with van der Waals surface area (Å²) < 4.78 is 5.23. The van der Waals surface area contributed by atoms with Crippen molar-refractivity contribution < 1.29 is 9.53 Å². The highest BCUT2D eigenvalue weighted by molar-refractivity contribution is 7.19. The van der Waals surface area contributed by atoms with Gasteiger partial charge in [0.25, 0.3) is 0 Å². The number of nitrogens with zero attached hydrogens (tertiary/aromatic N) is 1. The highest BCUT2D eigenvalue weighted by atomic mass is 32.1. The maximum absolute atomic E-state index is 12.8. The van der Waals surface area contributed by atoms with E-state index < -0.39 is 0 Å². The van der Waals surface area contributed by atoms with Crippen molar-refractivity contribution in [2.75, 3.05) is 7.11 Å². The third kappa shape index (κ3) is 3.59. The second-order valence-electron chi connectivity index (χ2n) is 8.11. The number of aromatic nitrogens is 1. The van der Waals surface area contributed by atoms with E-state index in [1.54, 1.807) is 0 Å². The fourth-order valence-electron chi connectivity index (χ4n) is 4.67. The van der Waals surface area contributed by atoms with Crippen molar-refractivity contribution in [3.8, 4) is 11.1 Å². The van der Waals surface area contributed by atoms with Gasteiger partial charge in [0, 0.05) is 16.0 Å². The van der Waals surface area contributed by atoms with Gasteiger partial charge >= 0.3 is 5.97 Å². The lowest BCUT2D eigenvalue weighted by Gasteiger charge is -2.22. The Morgan fingerprint density at radius 2 is 1.90 bits per heavy atom. The van der Waals surface area contributed by atoms with E-state index in [-0.39, 0.29) is 11.9 Å². The first kappa shape index (κ1) is 20.1. The van der Waals surface area contributed by atoms with Crippen LogP contribution < -0.4 is 0 Å². The largest absolute Gasteiger partial charge is 0.469 e. The van der Waals surface area contributed by atoms with Crippen LogP contribution >= 0.6 is 11.3 Å². The number of aryl methyl sites for hydroxylation is 4. The zero-order chi connectivity index (χ0) is 20.5. The molecule has 1 aromatic carbocycles. The molecule has 1 aliphatic rings. The van der Waals surface area contributed by atoms with E-state index in [9.17, 15) is 4.79 Å². The predicted molar refractivity (Wildman–Crippen MR) is 121 cm³/mol. The third-order valence-electron chi connectivity index (χ3n) is 6.08. The fraction of sp³-hybridized carbons (Fsp3) is 0.440. The van der Waals surface area contributed by atoms with Gasteiger partial charge in [-0.3, -0.25) is 4.79 Å². The van der Waals surface area contributed by atoms with Crippen LogP contribution in [0.3, 0.4) is 0 Å². The Bertz CT molecular complexity index is 1050. The Morgan fingerprint density at radius 1 is 1.17 bits per heavy atom. The molecule has 4 rings (SSSR count). The summed E-state index contributed by atoms with van der Waals surface area (Å²) in [5, 5.41) is 1.28. The van der Waals surface area contributed by atoms with Crippen LogP contribution in [0.4, 0.5) is 0 Å². The molecule has 0 saturated heterocycles. The first-order chi connectivity index (χ1) is 14.0. The van der Waals surface area contributed by atoms with Crippen LogP contribution in [0, 0.1) is 13.8 Å². The first-order valence-corrected chi connectivity index (χ1v) is 11.5. The lowest BCUT2D eigenvalue weighted by Crippen LogP contribution is -2.17. The van der Waals surface area contributed by atoms with Gasteiger partial charge in [0.2, 0.25) is 0 Å². The summed E-state index contributed by atoms with van der Waals surface area (Å²) in [4.78, 5) is 20.4. The Kier molecular flexibility index (Phi) is 5.73. The molecule has 1 aliphatic carbocycles. The van der Waals surface area contributed by atoms with Gasteiger partial charge in [-0.05, 0) is 68.2 Å². The van der Waals surface area contributed by atoms with E-state index in [0.717, 1.165) is 41.8 Å². The number of hydrogen-bond acceptors (Lipinski definition) is 4. The van der Waals surface area contributed by atoms with Crippen LogP contribution in [-0.4, -0.2) is 18.1 Å².